The third-order valence-corrected chi connectivity index (χ3v) is 5.08. The van der Waals surface area contributed by atoms with E-state index in [-0.39, 0.29) is 40.9 Å². The topological polar surface area (TPSA) is 59.8 Å². The summed E-state index contributed by atoms with van der Waals surface area (Å²) >= 11 is 0. The Kier molecular flexibility index (Phi) is 5.87. The van der Waals surface area contributed by atoms with E-state index < -0.39 is 11.7 Å². The Morgan fingerprint density at radius 3 is 2.27 bits per heavy atom. The molecule has 0 bridgehead atoms. The molecule has 1 amide bonds. The summed E-state index contributed by atoms with van der Waals surface area (Å²) in [7, 11) is 0. The van der Waals surface area contributed by atoms with Gasteiger partial charge in [0.1, 0.15) is 6.54 Å². The van der Waals surface area contributed by atoms with Crippen molar-refractivity contribution in [2.24, 2.45) is 0 Å². The predicted octanol–water partition coefficient (Wildman–Crippen LogP) is 5.07. The molecular weight excluding hydrogens is 393 g/mol. The van der Waals surface area contributed by atoms with Gasteiger partial charge in [-0.15, -0.1) is 0 Å². The molecule has 0 saturated heterocycles. The number of pyridine rings is 1. The Hall–Kier alpha value is -2.90. The largest absolute Gasteiger partial charge is 0.417 e. The zero-order valence-corrected chi connectivity index (χ0v) is 17.6. The lowest BCUT2D eigenvalue weighted by Crippen LogP contribution is -2.30. The van der Waals surface area contributed by atoms with Crippen LogP contribution < -0.4 is 5.32 Å². The maximum Gasteiger partial charge on any atom is 0.417 e. The van der Waals surface area contributed by atoms with Crippen LogP contribution >= 0.6 is 0 Å². The molecule has 1 aromatic carbocycles. The van der Waals surface area contributed by atoms with Crippen molar-refractivity contribution in [3.05, 3.63) is 58.4 Å². The first-order chi connectivity index (χ1) is 14.0. The average Bonchev–Trinajstić information content (AvgIpc) is 2.95. The number of rotatable bonds is 5. The number of hydrogen-bond acceptors (Lipinski definition) is 3. The fraction of sp³-hybridized carbons (Fsp3) is 0.409. The van der Waals surface area contributed by atoms with Crippen molar-refractivity contribution in [3.63, 3.8) is 0 Å². The summed E-state index contributed by atoms with van der Waals surface area (Å²) in [5.74, 6) is 0.0644. The highest BCUT2D eigenvalue weighted by atomic mass is 19.4. The molecule has 3 rings (SSSR count). The third kappa shape index (κ3) is 4.47. The molecule has 160 valence electrons. The van der Waals surface area contributed by atoms with Gasteiger partial charge in [0, 0.05) is 5.69 Å². The van der Waals surface area contributed by atoms with Crippen LogP contribution in [0, 0.1) is 13.8 Å². The van der Waals surface area contributed by atoms with E-state index in [4.69, 9.17) is 0 Å². The maximum absolute atomic E-state index is 13.4. The smallest absolute Gasteiger partial charge is 0.348 e. The van der Waals surface area contributed by atoms with E-state index in [2.05, 4.69) is 29.2 Å². The molecule has 0 fully saturated rings. The molecule has 2 aromatic heterocycles. The van der Waals surface area contributed by atoms with Gasteiger partial charge in [0.05, 0.1) is 22.7 Å². The summed E-state index contributed by atoms with van der Waals surface area (Å²) in [6.45, 7) is 8.84. The first-order valence-corrected chi connectivity index (χ1v) is 9.78. The molecule has 1 unspecified atom stereocenters. The molecule has 8 heteroatoms. The van der Waals surface area contributed by atoms with E-state index in [1.165, 1.54) is 24.1 Å². The number of nitrogens with zero attached hydrogens (tertiary/aromatic N) is 3. The Bertz CT molecular complexity index is 1070. The number of aromatic nitrogens is 3. The Balaban J connectivity index is 1.82. The van der Waals surface area contributed by atoms with Crippen LogP contribution in [0.15, 0.2) is 30.3 Å². The second-order valence-electron chi connectivity index (χ2n) is 7.86. The third-order valence-electron chi connectivity index (χ3n) is 5.08. The van der Waals surface area contributed by atoms with Crippen molar-refractivity contribution in [2.75, 3.05) is 0 Å². The quantitative estimate of drug-likeness (QED) is 0.630. The SMILES string of the molecule is Cc1cc(C(F)(F)F)c2c(C)nn(CC(=O)NC(C)c3ccc(C(C)C)cc3)c2n1. The Morgan fingerprint density at radius 1 is 1.10 bits per heavy atom. The molecule has 0 aliphatic rings. The van der Waals surface area contributed by atoms with Gasteiger partial charge in [0.2, 0.25) is 5.91 Å². The number of amides is 1. The van der Waals surface area contributed by atoms with Crippen LogP contribution in [0.2, 0.25) is 0 Å². The fourth-order valence-electron chi connectivity index (χ4n) is 3.49. The normalized spacial score (nSPS) is 13.1. The van der Waals surface area contributed by atoms with Crippen molar-refractivity contribution in [1.29, 1.82) is 0 Å². The van der Waals surface area contributed by atoms with Crippen LogP contribution in [-0.4, -0.2) is 20.7 Å². The molecule has 3 aromatic rings. The summed E-state index contributed by atoms with van der Waals surface area (Å²) in [6, 6.07) is 8.74. The minimum atomic E-state index is -4.52. The zero-order valence-electron chi connectivity index (χ0n) is 17.6. The van der Waals surface area contributed by atoms with Gasteiger partial charge < -0.3 is 5.32 Å². The van der Waals surface area contributed by atoms with E-state index >= 15 is 0 Å². The number of alkyl halides is 3. The highest BCUT2D eigenvalue weighted by Gasteiger charge is 2.35. The molecule has 0 aliphatic heterocycles. The van der Waals surface area contributed by atoms with Gasteiger partial charge in [-0.05, 0) is 43.9 Å². The predicted molar refractivity (Wildman–Crippen MR) is 109 cm³/mol. The van der Waals surface area contributed by atoms with Crippen LogP contribution in [0.4, 0.5) is 13.2 Å². The molecule has 0 saturated carbocycles. The summed E-state index contributed by atoms with van der Waals surface area (Å²) < 4.78 is 41.6. The maximum atomic E-state index is 13.4. The lowest BCUT2D eigenvalue weighted by atomic mass is 9.99. The molecule has 1 N–H and O–H groups in total. The average molecular weight is 418 g/mol. The van der Waals surface area contributed by atoms with E-state index in [0.717, 1.165) is 11.6 Å². The first kappa shape index (κ1) is 21.8. The minimum Gasteiger partial charge on any atom is -0.348 e. The van der Waals surface area contributed by atoms with Gasteiger partial charge in [-0.25, -0.2) is 9.67 Å². The molecule has 0 radical (unpaired) electrons. The number of carbonyl (C=O) groups excluding carboxylic acids is 1. The summed E-state index contributed by atoms with van der Waals surface area (Å²) in [4.78, 5) is 16.8. The molecule has 1 atom stereocenters. The molecule has 0 aliphatic carbocycles. The lowest BCUT2D eigenvalue weighted by Gasteiger charge is -2.16. The molecule has 30 heavy (non-hydrogen) atoms. The summed E-state index contributed by atoms with van der Waals surface area (Å²) in [6.07, 6.45) is -4.52. The number of nitrogens with one attached hydrogen (secondary N) is 1. The van der Waals surface area contributed by atoms with Gasteiger partial charge >= 0.3 is 6.18 Å². The number of carbonyl (C=O) groups is 1. The minimum absolute atomic E-state index is 0.0592. The van der Waals surface area contributed by atoms with Crippen molar-refractivity contribution >= 4 is 16.9 Å². The summed E-state index contributed by atoms with van der Waals surface area (Å²) in [5, 5.41) is 6.96. The monoisotopic (exact) mass is 418 g/mol. The molecule has 2 heterocycles. The van der Waals surface area contributed by atoms with Gasteiger partial charge in [0.15, 0.2) is 5.65 Å². The highest BCUT2D eigenvalue weighted by molar-refractivity contribution is 5.85. The van der Waals surface area contributed by atoms with Crippen molar-refractivity contribution in [2.45, 2.75) is 59.3 Å². The number of halogens is 3. The zero-order chi connectivity index (χ0) is 22.2. The van der Waals surface area contributed by atoms with Crippen LogP contribution in [0.25, 0.3) is 11.0 Å². The van der Waals surface area contributed by atoms with Gasteiger partial charge in [0.25, 0.3) is 0 Å². The van der Waals surface area contributed by atoms with Crippen LogP contribution in [0.5, 0.6) is 0 Å². The van der Waals surface area contributed by atoms with Gasteiger partial charge in [-0.1, -0.05) is 38.1 Å². The lowest BCUT2D eigenvalue weighted by molar-refractivity contribution is -0.136. The van der Waals surface area contributed by atoms with E-state index in [9.17, 15) is 18.0 Å². The number of fused-ring (bicyclic) bond motifs is 1. The second kappa shape index (κ2) is 8.08. The van der Waals surface area contributed by atoms with Crippen LogP contribution in [-0.2, 0) is 17.5 Å². The number of hydrogen-bond donors (Lipinski definition) is 1. The Morgan fingerprint density at radius 2 is 1.70 bits per heavy atom. The molecule has 5 nitrogen and oxygen atoms in total. The van der Waals surface area contributed by atoms with Crippen LogP contribution in [0.3, 0.4) is 0 Å². The van der Waals surface area contributed by atoms with Crippen LogP contribution in [0.1, 0.15) is 60.8 Å². The van der Waals surface area contributed by atoms with Crippen molar-refractivity contribution in [1.82, 2.24) is 20.1 Å². The summed E-state index contributed by atoms with van der Waals surface area (Å²) in [5.41, 5.74) is 1.84. The Labute approximate surface area is 173 Å². The van der Waals surface area contributed by atoms with E-state index in [0.29, 0.717) is 5.92 Å². The van der Waals surface area contributed by atoms with E-state index in [1.54, 1.807) is 0 Å². The van der Waals surface area contributed by atoms with Crippen molar-refractivity contribution in [3.8, 4) is 0 Å². The van der Waals surface area contributed by atoms with Gasteiger partial charge in [-0.3, -0.25) is 4.79 Å². The molecular formula is C22H25F3N4O. The van der Waals surface area contributed by atoms with Gasteiger partial charge in [-0.2, -0.15) is 18.3 Å². The highest BCUT2D eigenvalue weighted by Crippen LogP contribution is 2.36. The molecule has 0 spiro atoms. The standard InChI is InChI=1S/C22H25F3N4O/c1-12(2)16-6-8-17(9-7-16)14(4)27-19(30)11-29-21-20(15(5)28-29)18(22(23,24)25)10-13(3)26-21/h6-10,12,14H,11H2,1-5H3,(H,27,30). The first-order valence-electron chi connectivity index (χ1n) is 9.78. The second-order valence-corrected chi connectivity index (χ2v) is 7.86. The number of benzene rings is 1. The van der Waals surface area contributed by atoms with E-state index in [1.807, 2.05) is 31.2 Å². The number of aryl methyl sites for hydroxylation is 2. The van der Waals surface area contributed by atoms with Crippen molar-refractivity contribution < 1.29 is 18.0 Å². The fourth-order valence-corrected chi connectivity index (χ4v) is 3.49.